The van der Waals surface area contributed by atoms with Crippen LogP contribution in [0.5, 0.6) is 5.75 Å². The normalized spacial score (nSPS) is 12.0. The van der Waals surface area contributed by atoms with E-state index in [4.69, 9.17) is 10.5 Å². The number of rotatable bonds is 7. The molecule has 0 fully saturated rings. The summed E-state index contributed by atoms with van der Waals surface area (Å²) in [5.41, 5.74) is 7.87. The molecule has 8 nitrogen and oxygen atoms in total. The monoisotopic (exact) mass is 385 g/mol. The van der Waals surface area contributed by atoms with Gasteiger partial charge in [0.15, 0.2) is 11.0 Å². The number of hydrogen-bond donors (Lipinski definition) is 1. The summed E-state index contributed by atoms with van der Waals surface area (Å²) < 4.78 is 7.08. The summed E-state index contributed by atoms with van der Waals surface area (Å²) in [5, 5.41) is 20.0. The molecule has 0 aliphatic heterocycles. The SMILES string of the molecule is COc1cccc(CSc2nnc(C(C)N)n2-c2ccc([N+](=O)[O-])cc2)c1. The van der Waals surface area contributed by atoms with Crippen LogP contribution >= 0.6 is 11.8 Å². The van der Waals surface area contributed by atoms with Gasteiger partial charge in [-0.15, -0.1) is 10.2 Å². The minimum Gasteiger partial charge on any atom is -0.497 e. The van der Waals surface area contributed by atoms with E-state index in [1.165, 1.54) is 23.9 Å². The zero-order chi connectivity index (χ0) is 19.4. The first kappa shape index (κ1) is 18.9. The highest BCUT2D eigenvalue weighted by Gasteiger charge is 2.18. The standard InChI is InChI=1S/C18H19N5O3S/c1-12(19)17-20-21-18(27-11-13-4-3-5-16(10-13)26-2)22(17)14-6-8-15(9-7-14)23(24)25/h3-10,12H,11,19H2,1-2H3. The second-order valence-corrected chi connectivity index (χ2v) is 6.82. The Morgan fingerprint density at radius 2 is 2.00 bits per heavy atom. The molecule has 1 unspecified atom stereocenters. The Bertz CT molecular complexity index is 940. The van der Waals surface area contributed by atoms with Gasteiger partial charge in [-0.25, -0.2) is 0 Å². The Morgan fingerprint density at radius 3 is 2.63 bits per heavy atom. The van der Waals surface area contributed by atoms with Crippen LogP contribution in [0.15, 0.2) is 53.7 Å². The molecule has 3 rings (SSSR count). The van der Waals surface area contributed by atoms with Crippen molar-refractivity contribution in [2.75, 3.05) is 7.11 Å². The molecule has 0 aliphatic carbocycles. The van der Waals surface area contributed by atoms with E-state index in [9.17, 15) is 10.1 Å². The number of ether oxygens (including phenoxy) is 1. The van der Waals surface area contributed by atoms with Crippen molar-refractivity contribution in [1.82, 2.24) is 14.8 Å². The Kier molecular flexibility index (Phi) is 5.72. The number of hydrogen-bond acceptors (Lipinski definition) is 7. The third kappa shape index (κ3) is 4.26. The first-order valence-corrected chi connectivity index (χ1v) is 9.19. The minimum absolute atomic E-state index is 0.0276. The lowest BCUT2D eigenvalue weighted by Crippen LogP contribution is -2.13. The summed E-state index contributed by atoms with van der Waals surface area (Å²) in [6.45, 7) is 1.82. The van der Waals surface area contributed by atoms with Gasteiger partial charge >= 0.3 is 0 Å². The second-order valence-electron chi connectivity index (χ2n) is 5.88. The molecule has 0 saturated carbocycles. The Morgan fingerprint density at radius 1 is 1.26 bits per heavy atom. The maximum atomic E-state index is 10.9. The smallest absolute Gasteiger partial charge is 0.269 e. The van der Waals surface area contributed by atoms with Gasteiger partial charge in [-0.1, -0.05) is 23.9 Å². The Hall–Kier alpha value is -2.91. The molecule has 0 aliphatic rings. The first-order valence-electron chi connectivity index (χ1n) is 8.21. The average Bonchev–Trinajstić information content (AvgIpc) is 3.11. The molecule has 1 heterocycles. The maximum absolute atomic E-state index is 10.9. The lowest BCUT2D eigenvalue weighted by atomic mass is 10.2. The lowest BCUT2D eigenvalue weighted by molar-refractivity contribution is -0.384. The van der Waals surface area contributed by atoms with Crippen LogP contribution in [-0.4, -0.2) is 26.8 Å². The van der Waals surface area contributed by atoms with E-state index in [-0.39, 0.29) is 11.7 Å². The third-order valence-electron chi connectivity index (χ3n) is 3.89. The number of methoxy groups -OCH3 is 1. The fourth-order valence-electron chi connectivity index (χ4n) is 2.55. The van der Waals surface area contributed by atoms with Crippen molar-refractivity contribution in [1.29, 1.82) is 0 Å². The Balaban J connectivity index is 1.90. The number of nitrogens with two attached hydrogens (primary N) is 1. The van der Waals surface area contributed by atoms with Gasteiger partial charge in [-0.3, -0.25) is 14.7 Å². The summed E-state index contributed by atoms with van der Waals surface area (Å²) in [7, 11) is 1.63. The highest BCUT2D eigenvalue weighted by molar-refractivity contribution is 7.98. The highest BCUT2D eigenvalue weighted by Crippen LogP contribution is 2.28. The molecule has 1 atom stereocenters. The van der Waals surface area contributed by atoms with Crippen molar-refractivity contribution in [3.63, 3.8) is 0 Å². The molecule has 0 bridgehead atoms. The van der Waals surface area contributed by atoms with Crippen LogP contribution in [0.2, 0.25) is 0 Å². The number of non-ortho nitro benzene ring substituents is 1. The molecular weight excluding hydrogens is 366 g/mol. The van der Waals surface area contributed by atoms with E-state index < -0.39 is 4.92 Å². The van der Waals surface area contributed by atoms with Crippen molar-refractivity contribution in [3.8, 4) is 11.4 Å². The van der Waals surface area contributed by atoms with Crippen LogP contribution in [0, 0.1) is 10.1 Å². The number of nitrogens with zero attached hydrogens (tertiary/aromatic N) is 4. The molecule has 27 heavy (non-hydrogen) atoms. The quantitative estimate of drug-likeness (QED) is 0.376. The second kappa shape index (κ2) is 8.19. The number of benzene rings is 2. The number of aromatic nitrogens is 3. The van der Waals surface area contributed by atoms with Gasteiger partial charge in [-0.2, -0.15) is 0 Å². The van der Waals surface area contributed by atoms with E-state index >= 15 is 0 Å². The van der Waals surface area contributed by atoms with Gasteiger partial charge in [0.05, 0.1) is 18.1 Å². The van der Waals surface area contributed by atoms with E-state index in [2.05, 4.69) is 10.2 Å². The zero-order valence-corrected chi connectivity index (χ0v) is 15.7. The predicted octanol–water partition coefficient (Wildman–Crippen LogP) is 3.50. The fraction of sp³-hybridized carbons (Fsp3) is 0.222. The summed E-state index contributed by atoms with van der Waals surface area (Å²) >= 11 is 1.51. The molecule has 9 heteroatoms. The number of thioether (sulfide) groups is 1. The highest BCUT2D eigenvalue weighted by atomic mass is 32.2. The average molecular weight is 385 g/mol. The molecule has 0 radical (unpaired) electrons. The van der Waals surface area contributed by atoms with Crippen LogP contribution in [0.1, 0.15) is 24.4 Å². The number of nitro benzene ring substituents is 1. The molecule has 0 spiro atoms. The van der Waals surface area contributed by atoms with E-state index in [1.807, 2.05) is 35.8 Å². The van der Waals surface area contributed by atoms with Crippen molar-refractivity contribution >= 4 is 17.4 Å². The topological polar surface area (TPSA) is 109 Å². The van der Waals surface area contributed by atoms with Crippen LogP contribution in [-0.2, 0) is 5.75 Å². The van der Waals surface area contributed by atoms with E-state index in [1.54, 1.807) is 19.2 Å². The summed E-state index contributed by atoms with van der Waals surface area (Å²) in [5.74, 6) is 2.06. The van der Waals surface area contributed by atoms with E-state index in [0.29, 0.717) is 16.7 Å². The van der Waals surface area contributed by atoms with Crippen LogP contribution in [0.3, 0.4) is 0 Å². The van der Waals surface area contributed by atoms with Crippen LogP contribution in [0.4, 0.5) is 5.69 Å². The summed E-state index contributed by atoms with van der Waals surface area (Å²) in [6.07, 6.45) is 0. The van der Waals surface area contributed by atoms with Crippen LogP contribution < -0.4 is 10.5 Å². The molecule has 1 aromatic heterocycles. The maximum Gasteiger partial charge on any atom is 0.269 e. The predicted molar refractivity (Wildman–Crippen MR) is 103 cm³/mol. The third-order valence-corrected chi connectivity index (χ3v) is 4.89. The number of nitro groups is 1. The molecular formula is C18H19N5O3S. The van der Waals surface area contributed by atoms with Gasteiger partial charge in [-0.05, 0) is 36.8 Å². The van der Waals surface area contributed by atoms with Gasteiger partial charge in [0, 0.05) is 23.6 Å². The zero-order valence-electron chi connectivity index (χ0n) is 14.9. The molecule has 2 N–H and O–H groups in total. The fourth-order valence-corrected chi connectivity index (χ4v) is 3.45. The van der Waals surface area contributed by atoms with E-state index in [0.717, 1.165) is 17.0 Å². The molecule has 3 aromatic rings. The molecule has 140 valence electrons. The summed E-state index contributed by atoms with van der Waals surface area (Å²) in [4.78, 5) is 10.5. The van der Waals surface area contributed by atoms with Crippen molar-refractivity contribution in [2.24, 2.45) is 5.73 Å². The van der Waals surface area contributed by atoms with Crippen LogP contribution in [0.25, 0.3) is 5.69 Å². The van der Waals surface area contributed by atoms with Gasteiger partial charge in [0.25, 0.3) is 5.69 Å². The lowest BCUT2D eigenvalue weighted by Gasteiger charge is -2.12. The van der Waals surface area contributed by atoms with Gasteiger partial charge in [0.1, 0.15) is 5.75 Å². The Labute approximate surface area is 160 Å². The summed E-state index contributed by atoms with van der Waals surface area (Å²) in [6, 6.07) is 13.7. The van der Waals surface area contributed by atoms with Crippen molar-refractivity contribution < 1.29 is 9.66 Å². The first-order chi connectivity index (χ1) is 13.0. The molecule has 2 aromatic carbocycles. The molecule has 0 saturated heterocycles. The van der Waals surface area contributed by atoms with Gasteiger partial charge in [0.2, 0.25) is 0 Å². The van der Waals surface area contributed by atoms with Gasteiger partial charge < -0.3 is 10.5 Å². The largest absolute Gasteiger partial charge is 0.497 e. The van der Waals surface area contributed by atoms with Crippen molar-refractivity contribution in [2.45, 2.75) is 23.9 Å². The van der Waals surface area contributed by atoms with Crippen molar-refractivity contribution in [3.05, 3.63) is 70.0 Å². The minimum atomic E-state index is -0.430. The molecule has 0 amide bonds.